The number of aliphatic hydroxyl groups excluding tert-OH is 1. The minimum absolute atomic E-state index is 0.162. The lowest BCUT2D eigenvalue weighted by atomic mass is 9.72. The molecule has 0 heterocycles. The first-order valence-electron chi connectivity index (χ1n) is 4.09. The van der Waals surface area contributed by atoms with Crippen LogP contribution in [0.3, 0.4) is 0 Å². The molecular formula is C8H17NO2. The molecule has 0 radical (unpaired) electrons. The fourth-order valence-corrected chi connectivity index (χ4v) is 1.73. The van der Waals surface area contributed by atoms with Crippen molar-refractivity contribution in [3.8, 4) is 0 Å². The number of hydrogen-bond donors (Lipinski definition) is 2. The van der Waals surface area contributed by atoms with E-state index in [9.17, 15) is 0 Å². The summed E-state index contributed by atoms with van der Waals surface area (Å²) in [6, 6.07) is 0. The Balaban J connectivity index is 2.30. The average molecular weight is 159 g/mol. The highest BCUT2D eigenvalue weighted by Gasteiger charge is 2.42. The molecule has 0 aromatic carbocycles. The standard InChI is InChI=1S/C8H17NO2/c1-9-8(3-4-10)5-7(6-8)11-2/h7,9-10H,3-6H2,1-2H3. The Labute approximate surface area is 67.7 Å². The lowest BCUT2D eigenvalue weighted by Gasteiger charge is -2.46. The van der Waals surface area contributed by atoms with E-state index in [4.69, 9.17) is 9.84 Å². The van der Waals surface area contributed by atoms with E-state index in [0.717, 1.165) is 19.3 Å². The molecule has 11 heavy (non-hydrogen) atoms. The molecular weight excluding hydrogens is 142 g/mol. The van der Waals surface area contributed by atoms with Gasteiger partial charge in [-0.1, -0.05) is 0 Å². The summed E-state index contributed by atoms with van der Waals surface area (Å²) >= 11 is 0. The van der Waals surface area contributed by atoms with Crippen molar-refractivity contribution in [3.63, 3.8) is 0 Å². The molecule has 0 amide bonds. The molecule has 66 valence electrons. The number of ether oxygens (including phenoxy) is 1. The zero-order valence-electron chi connectivity index (χ0n) is 7.26. The van der Waals surface area contributed by atoms with Gasteiger partial charge in [0, 0.05) is 19.3 Å². The maximum atomic E-state index is 8.78. The van der Waals surface area contributed by atoms with E-state index >= 15 is 0 Å². The van der Waals surface area contributed by atoms with Crippen LogP contribution >= 0.6 is 0 Å². The number of rotatable bonds is 4. The van der Waals surface area contributed by atoms with Crippen LogP contribution in [-0.2, 0) is 4.74 Å². The minimum atomic E-state index is 0.162. The first-order chi connectivity index (χ1) is 5.26. The largest absolute Gasteiger partial charge is 0.396 e. The summed E-state index contributed by atoms with van der Waals surface area (Å²) in [5.41, 5.74) is 0.162. The van der Waals surface area contributed by atoms with E-state index in [1.54, 1.807) is 7.11 Å². The van der Waals surface area contributed by atoms with Gasteiger partial charge in [0.15, 0.2) is 0 Å². The van der Waals surface area contributed by atoms with Crippen LogP contribution in [0.15, 0.2) is 0 Å². The molecule has 1 rings (SSSR count). The van der Waals surface area contributed by atoms with E-state index in [-0.39, 0.29) is 12.1 Å². The Morgan fingerprint density at radius 2 is 2.27 bits per heavy atom. The van der Waals surface area contributed by atoms with Gasteiger partial charge in [-0.05, 0) is 26.3 Å². The van der Waals surface area contributed by atoms with Gasteiger partial charge >= 0.3 is 0 Å². The quantitative estimate of drug-likeness (QED) is 0.613. The zero-order chi connectivity index (χ0) is 8.32. The lowest BCUT2D eigenvalue weighted by Crippen LogP contribution is -2.57. The van der Waals surface area contributed by atoms with Gasteiger partial charge in [-0.25, -0.2) is 0 Å². The third-order valence-electron chi connectivity index (χ3n) is 2.69. The van der Waals surface area contributed by atoms with Crippen LogP contribution in [0.2, 0.25) is 0 Å². The SMILES string of the molecule is CNC1(CCO)CC(OC)C1. The minimum Gasteiger partial charge on any atom is -0.396 e. The molecule has 0 aromatic heterocycles. The van der Waals surface area contributed by atoms with Crippen molar-refractivity contribution in [1.82, 2.24) is 5.32 Å². The van der Waals surface area contributed by atoms with Crippen LogP contribution in [0.5, 0.6) is 0 Å². The fraction of sp³-hybridized carbons (Fsp3) is 1.00. The van der Waals surface area contributed by atoms with Gasteiger partial charge in [0.2, 0.25) is 0 Å². The Bertz CT molecular complexity index is 121. The summed E-state index contributed by atoms with van der Waals surface area (Å²) in [5.74, 6) is 0. The van der Waals surface area contributed by atoms with Crippen LogP contribution in [-0.4, -0.2) is 37.5 Å². The van der Waals surface area contributed by atoms with Crippen molar-refractivity contribution >= 4 is 0 Å². The highest BCUT2D eigenvalue weighted by molar-refractivity contribution is 5.00. The Morgan fingerprint density at radius 1 is 1.64 bits per heavy atom. The second-order valence-corrected chi connectivity index (χ2v) is 3.27. The maximum absolute atomic E-state index is 8.78. The fourth-order valence-electron chi connectivity index (χ4n) is 1.73. The molecule has 1 saturated carbocycles. The van der Waals surface area contributed by atoms with Crippen molar-refractivity contribution in [2.24, 2.45) is 0 Å². The molecule has 3 nitrogen and oxygen atoms in total. The van der Waals surface area contributed by atoms with E-state index in [0.29, 0.717) is 6.10 Å². The van der Waals surface area contributed by atoms with Gasteiger partial charge in [0.05, 0.1) is 6.10 Å². The summed E-state index contributed by atoms with van der Waals surface area (Å²) < 4.78 is 5.17. The topological polar surface area (TPSA) is 41.5 Å². The molecule has 0 saturated heterocycles. The van der Waals surface area contributed by atoms with Crippen LogP contribution in [0.1, 0.15) is 19.3 Å². The van der Waals surface area contributed by atoms with Crippen molar-refractivity contribution < 1.29 is 9.84 Å². The molecule has 0 spiro atoms. The summed E-state index contributed by atoms with van der Waals surface area (Å²) in [6.07, 6.45) is 3.29. The summed E-state index contributed by atoms with van der Waals surface area (Å²) in [4.78, 5) is 0. The second-order valence-electron chi connectivity index (χ2n) is 3.27. The first-order valence-corrected chi connectivity index (χ1v) is 4.09. The lowest BCUT2D eigenvalue weighted by molar-refractivity contribution is -0.0360. The molecule has 0 aliphatic heterocycles. The molecule has 0 bridgehead atoms. The molecule has 0 atom stereocenters. The van der Waals surface area contributed by atoms with E-state index in [2.05, 4.69) is 5.32 Å². The van der Waals surface area contributed by atoms with Crippen molar-refractivity contribution in [2.75, 3.05) is 20.8 Å². The summed E-state index contributed by atoms with van der Waals surface area (Å²) in [6.45, 7) is 0.261. The van der Waals surface area contributed by atoms with Crippen LogP contribution in [0.4, 0.5) is 0 Å². The monoisotopic (exact) mass is 159 g/mol. The number of methoxy groups -OCH3 is 1. The molecule has 0 aromatic rings. The second kappa shape index (κ2) is 3.52. The zero-order valence-corrected chi connectivity index (χ0v) is 7.26. The molecule has 0 unspecified atom stereocenters. The van der Waals surface area contributed by atoms with Gasteiger partial charge in [-0.2, -0.15) is 0 Å². The van der Waals surface area contributed by atoms with Crippen molar-refractivity contribution in [3.05, 3.63) is 0 Å². The average Bonchev–Trinajstić information content (AvgIpc) is 1.96. The number of hydrogen-bond acceptors (Lipinski definition) is 3. The molecule has 1 aliphatic carbocycles. The smallest absolute Gasteiger partial charge is 0.0606 e. The highest BCUT2D eigenvalue weighted by Crippen LogP contribution is 2.36. The van der Waals surface area contributed by atoms with Gasteiger partial charge in [-0.3, -0.25) is 0 Å². The Kier molecular flexibility index (Phi) is 2.87. The predicted molar refractivity (Wildman–Crippen MR) is 43.5 cm³/mol. The molecule has 1 fully saturated rings. The van der Waals surface area contributed by atoms with Gasteiger partial charge < -0.3 is 15.2 Å². The van der Waals surface area contributed by atoms with Crippen LogP contribution in [0, 0.1) is 0 Å². The highest BCUT2D eigenvalue weighted by atomic mass is 16.5. The van der Waals surface area contributed by atoms with Crippen molar-refractivity contribution in [1.29, 1.82) is 0 Å². The third-order valence-corrected chi connectivity index (χ3v) is 2.69. The van der Waals surface area contributed by atoms with Crippen LogP contribution < -0.4 is 5.32 Å². The third kappa shape index (κ3) is 1.72. The number of aliphatic hydroxyl groups is 1. The summed E-state index contributed by atoms with van der Waals surface area (Å²) in [7, 11) is 3.69. The van der Waals surface area contributed by atoms with Gasteiger partial charge in [0.25, 0.3) is 0 Å². The van der Waals surface area contributed by atoms with Crippen molar-refractivity contribution in [2.45, 2.75) is 30.9 Å². The first kappa shape index (κ1) is 8.97. The van der Waals surface area contributed by atoms with Crippen LogP contribution in [0.25, 0.3) is 0 Å². The Hall–Kier alpha value is -0.120. The van der Waals surface area contributed by atoms with Gasteiger partial charge in [-0.15, -0.1) is 0 Å². The normalized spacial score (nSPS) is 36.8. The molecule has 3 heteroatoms. The summed E-state index contributed by atoms with van der Waals surface area (Å²) in [5, 5.41) is 12.0. The van der Waals surface area contributed by atoms with Gasteiger partial charge in [0.1, 0.15) is 0 Å². The Morgan fingerprint density at radius 3 is 2.64 bits per heavy atom. The maximum Gasteiger partial charge on any atom is 0.0606 e. The number of nitrogens with one attached hydrogen (secondary N) is 1. The van der Waals surface area contributed by atoms with E-state index < -0.39 is 0 Å². The predicted octanol–water partition coefficient (Wildman–Crippen LogP) is 0.136. The molecule has 2 N–H and O–H groups in total. The van der Waals surface area contributed by atoms with E-state index in [1.807, 2.05) is 7.05 Å². The van der Waals surface area contributed by atoms with E-state index in [1.165, 1.54) is 0 Å². The molecule has 1 aliphatic rings.